The van der Waals surface area contributed by atoms with Crippen LogP contribution in [0.3, 0.4) is 0 Å². The summed E-state index contributed by atoms with van der Waals surface area (Å²) in [6, 6.07) is 3.29. The molecule has 0 saturated heterocycles. The lowest BCUT2D eigenvalue weighted by atomic mass is 10.2. The second-order valence-corrected chi connectivity index (χ2v) is 6.14. The van der Waals surface area contributed by atoms with Gasteiger partial charge in [-0.2, -0.15) is 5.10 Å². The molecule has 0 spiro atoms. The molecule has 1 aliphatic heterocycles. The first-order valence-electron chi connectivity index (χ1n) is 8.66. The highest BCUT2D eigenvalue weighted by Gasteiger charge is 2.30. The first kappa shape index (κ1) is 17.9. The molecule has 0 aliphatic carbocycles. The van der Waals surface area contributed by atoms with Crippen LogP contribution in [-0.2, 0) is 17.9 Å². The van der Waals surface area contributed by atoms with Crippen molar-refractivity contribution in [1.82, 2.24) is 30.9 Å². The molecule has 3 amide bonds. The molecule has 0 saturated carbocycles. The number of nitrogens with zero attached hydrogens (tertiary/aromatic N) is 4. The number of carbonyl (C=O) groups excluding carboxylic acids is 2. The van der Waals surface area contributed by atoms with Crippen LogP contribution in [0, 0.1) is 0 Å². The SMILES string of the molecule is CCCCNC(=O)NN1Cc2[nH]nc(N(C(C)=O)c3ccncc3)c2C1. The Morgan fingerprint density at radius 1 is 1.31 bits per heavy atom. The summed E-state index contributed by atoms with van der Waals surface area (Å²) >= 11 is 0. The van der Waals surface area contributed by atoms with Gasteiger partial charge in [-0.3, -0.25) is 25.2 Å². The van der Waals surface area contributed by atoms with Crippen molar-refractivity contribution in [2.75, 3.05) is 11.4 Å². The van der Waals surface area contributed by atoms with E-state index in [1.54, 1.807) is 34.4 Å². The van der Waals surface area contributed by atoms with Crippen LogP contribution < -0.4 is 15.6 Å². The van der Waals surface area contributed by atoms with Crippen molar-refractivity contribution < 1.29 is 9.59 Å². The van der Waals surface area contributed by atoms with Crippen LogP contribution in [0.1, 0.15) is 37.9 Å². The van der Waals surface area contributed by atoms with Crippen molar-refractivity contribution in [1.29, 1.82) is 0 Å². The molecular weight excluding hydrogens is 334 g/mol. The molecular formula is C17H23N7O2. The third kappa shape index (κ3) is 3.83. The van der Waals surface area contributed by atoms with Crippen LogP contribution in [-0.4, -0.2) is 38.7 Å². The average Bonchev–Trinajstić information content (AvgIpc) is 3.17. The van der Waals surface area contributed by atoms with Crippen molar-refractivity contribution in [2.24, 2.45) is 0 Å². The molecule has 3 rings (SSSR count). The van der Waals surface area contributed by atoms with Crippen LogP contribution in [0.4, 0.5) is 16.3 Å². The highest BCUT2D eigenvalue weighted by Crippen LogP contribution is 2.32. The van der Waals surface area contributed by atoms with Crippen molar-refractivity contribution in [2.45, 2.75) is 39.8 Å². The van der Waals surface area contributed by atoms with Gasteiger partial charge >= 0.3 is 6.03 Å². The van der Waals surface area contributed by atoms with Gasteiger partial charge in [-0.15, -0.1) is 0 Å². The van der Waals surface area contributed by atoms with Gasteiger partial charge in [0.25, 0.3) is 0 Å². The minimum Gasteiger partial charge on any atom is -0.337 e. The van der Waals surface area contributed by atoms with Gasteiger partial charge in [-0.1, -0.05) is 13.3 Å². The predicted octanol–water partition coefficient (Wildman–Crippen LogP) is 1.82. The van der Waals surface area contributed by atoms with E-state index in [4.69, 9.17) is 0 Å². The van der Waals surface area contributed by atoms with Crippen molar-refractivity contribution in [3.8, 4) is 0 Å². The number of urea groups is 1. The molecule has 9 heteroatoms. The molecule has 2 aromatic rings. The van der Waals surface area contributed by atoms with E-state index < -0.39 is 0 Å². The number of H-pyrrole nitrogens is 1. The zero-order valence-electron chi connectivity index (χ0n) is 15.0. The number of fused-ring (bicyclic) bond motifs is 1. The van der Waals surface area contributed by atoms with E-state index in [-0.39, 0.29) is 11.9 Å². The molecule has 0 unspecified atom stereocenters. The number of hydrogen-bond donors (Lipinski definition) is 3. The number of aromatic nitrogens is 3. The number of amides is 3. The molecule has 0 radical (unpaired) electrons. The van der Waals surface area contributed by atoms with Crippen LogP contribution >= 0.6 is 0 Å². The minimum absolute atomic E-state index is 0.144. The third-order valence-corrected chi connectivity index (χ3v) is 4.15. The standard InChI is InChI=1S/C17H23N7O2/c1-3-4-7-19-17(26)22-23-10-14-15(11-23)20-21-16(14)24(12(2)25)13-5-8-18-9-6-13/h5-6,8-9H,3-4,7,10-11H2,1-2H3,(H,20,21)(H2,19,22,26). The number of hydrazine groups is 1. The van der Waals surface area contributed by atoms with E-state index in [9.17, 15) is 9.59 Å². The smallest absolute Gasteiger partial charge is 0.329 e. The molecule has 1 aliphatic rings. The lowest BCUT2D eigenvalue weighted by Crippen LogP contribution is -2.45. The van der Waals surface area contributed by atoms with E-state index in [2.05, 4.69) is 32.8 Å². The van der Waals surface area contributed by atoms with Gasteiger partial charge in [-0.25, -0.2) is 9.80 Å². The Labute approximate surface area is 151 Å². The summed E-state index contributed by atoms with van der Waals surface area (Å²) in [5, 5.41) is 11.9. The fourth-order valence-corrected chi connectivity index (χ4v) is 2.90. The van der Waals surface area contributed by atoms with Crippen LogP contribution in [0.5, 0.6) is 0 Å². The Morgan fingerprint density at radius 2 is 2.08 bits per heavy atom. The lowest BCUT2D eigenvalue weighted by molar-refractivity contribution is -0.115. The van der Waals surface area contributed by atoms with Gasteiger partial charge in [0.05, 0.1) is 17.9 Å². The molecule has 0 atom stereocenters. The lowest BCUT2D eigenvalue weighted by Gasteiger charge is -2.21. The largest absolute Gasteiger partial charge is 0.337 e. The number of anilines is 2. The number of hydrogen-bond acceptors (Lipinski definition) is 5. The van der Waals surface area contributed by atoms with Crippen LogP contribution in [0.25, 0.3) is 0 Å². The predicted molar refractivity (Wildman–Crippen MR) is 96.3 cm³/mol. The number of rotatable bonds is 6. The average molecular weight is 357 g/mol. The molecule has 0 bridgehead atoms. The number of aromatic amines is 1. The molecule has 26 heavy (non-hydrogen) atoms. The Kier molecular flexibility index (Phi) is 5.47. The van der Waals surface area contributed by atoms with E-state index in [1.165, 1.54) is 6.92 Å². The summed E-state index contributed by atoms with van der Waals surface area (Å²) in [5.41, 5.74) is 5.31. The van der Waals surface area contributed by atoms with Crippen molar-refractivity contribution in [3.05, 3.63) is 35.8 Å². The monoisotopic (exact) mass is 357 g/mol. The van der Waals surface area contributed by atoms with E-state index in [0.717, 1.165) is 24.1 Å². The van der Waals surface area contributed by atoms with Gasteiger partial charge in [0.2, 0.25) is 5.91 Å². The zero-order valence-corrected chi connectivity index (χ0v) is 15.0. The minimum atomic E-state index is -0.226. The highest BCUT2D eigenvalue weighted by molar-refractivity contribution is 5.98. The van der Waals surface area contributed by atoms with Gasteiger partial charge < -0.3 is 5.32 Å². The number of unbranched alkanes of at least 4 members (excludes halogenated alkanes) is 1. The molecule has 138 valence electrons. The maximum atomic E-state index is 12.2. The highest BCUT2D eigenvalue weighted by atomic mass is 16.2. The summed E-state index contributed by atoms with van der Waals surface area (Å²) in [4.78, 5) is 29.7. The number of nitrogens with one attached hydrogen (secondary N) is 3. The van der Waals surface area contributed by atoms with Crippen molar-refractivity contribution >= 4 is 23.4 Å². The second-order valence-electron chi connectivity index (χ2n) is 6.14. The quantitative estimate of drug-likeness (QED) is 0.684. The molecule has 9 nitrogen and oxygen atoms in total. The summed E-state index contributed by atoms with van der Waals surface area (Å²) in [6.45, 7) is 5.19. The van der Waals surface area contributed by atoms with E-state index >= 15 is 0 Å². The first-order chi connectivity index (χ1) is 12.6. The van der Waals surface area contributed by atoms with Crippen LogP contribution in [0.15, 0.2) is 24.5 Å². The van der Waals surface area contributed by atoms with Gasteiger partial charge in [0, 0.05) is 38.0 Å². The Morgan fingerprint density at radius 3 is 2.77 bits per heavy atom. The summed E-state index contributed by atoms with van der Waals surface area (Å²) in [7, 11) is 0. The van der Waals surface area contributed by atoms with Gasteiger partial charge in [-0.05, 0) is 18.6 Å². The Balaban J connectivity index is 1.72. The van der Waals surface area contributed by atoms with Gasteiger partial charge in [0.15, 0.2) is 5.82 Å². The first-order valence-corrected chi connectivity index (χ1v) is 8.66. The maximum absolute atomic E-state index is 12.2. The summed E-state index contributed by atoms with van der Waals surface area (Å²) in [6.07, 6.45) is 5.23. The van der Waals surface area contributed by atoms with E-state index in [0.29, 0.717) is 31.1 Å². The fraction of sp³-hybridized carbons (Fsp3) is 0.412. The van der Waals surface area contributed by atoms with Gasteiger partial charge in [0.1, 0.15) is 0 Å². The number of pyridine rings is 1. The van der Waals surface area contributed by atoms with E-state index in [1.807, 2.05) is 0 Å². The topological polar surface area (TPSA) is 106 Å². The number of carbonyl (C=O) groups is 2. The summed E-state index contributed by atoms with van der Waals surface area (Å²) in [5.74, 6) is 0.406. The summed E-state index contributed by atoms with van der Waals surface area (Å²) < 4.78 is 0. The zero-order chi connectivity index (χ0) is 18.5. The maximum Gasteiger partial charge on any atom is 0.329 e. The van der Waals surface area contributed by atoms with Crippen LogP contribution in [0.2, 0.25) is 0 Å². The molecule has 3 N–H and O–H groups in total. The fourth-order valence-electron chi connectivity index (χ4n) is 2.90. The Hall–Kier alpha value is -2.94. The molecule has 3 heterocycles. The Bertz CT molecular complexity index is 775. The second kappa shape index (κ2) is 7.96. The molecule has 0 aromatic carbocycles. The molecule has 0 fully saturated rings. The molecule has 2 aromatic heterocycles. The normalized spacial score (nSPS) is 13.3. The van der Waals surface area contributed by atoms with Crippen molar-refractivity contribution in [3.63, 3.8) is 0 Å². The third-order valence-electron chi connectivity index (χ3n) is 4.15.